The number of hydrogen-bond acceptors (Lipinski definition) is 6. The van der Waals surface area contributed by atoms with E-state index in [1.807, 2.05) is 0 Å². The van der Waals surface area contributed by atoms with Gasteiger partial charge in [0, 0.05) is 19.3 Å². The molecule has 0 heterocycles. The quantitative estimate of drug-likeness (QED) is 0.0262. The summed E-state index contributed by atoms with van der Waals surface area (Å²) in [5.41, 5.74) is 0. The van der Waals surface area contributed by atoms with Crippen molar-refractivity contribution in [1.82, 2.24) is 0 Å². The molecular formula is C63H108O6. The smallest absolute Gasteiger partial charge is 0.306 e. The lowest BCUT2D eigenvalue weighted by molar-refractivity contribution is -0.167. The first-order chi connectivity index (χ1) is 34.0. The monoisotopic (exact) mass is 961 g/mol. The summed E-state index contributed by atoms with van der Waals surface area (Å²) < 4.78 is 16.8. The van der Waals surface area contributed by atoms with Crippen molar-refractivity contribution in [2.24, 2.45) is 0 Å². The van der Waals surface area contributed by atoms with Gasteiger partial charge in [0.25, 0.3) is 0 Å². The molecule has 0 radical (unpaired) electrons. The molecule has 0 aliphatic rings. The molecule has 0 aliphatic heterocycles. The fraction of sp³-hybridized carbons (Fsp3) is 0.730. The van der Waals surface area contributed by atoms with E-state index in [-0.39, 0.29) is 31.1 Å². The van der Waals surface area contributed by atoms with Gasteiger partial charge in [-0.25, -0.2) is 0 Å². The summed E-state index contributed by atoms with van der Waals surface area (Å²) in [6, 6.07) is 0. The third-order valence-corrected chi connectivity index (χ3v) is 12.4. The largest absolute Gasteiger partial charge is 0.462 e. The van der Waals surface area contributed by atoms with Crippen molar-refractivity contribution in [3.8, 4) is 0 Å². The predicted octanol–water partition coefficient (Wildman–Crippen LogP) is 19.5. The van der Waals surface area contributed by atoms with Gasteiger partial charge in [-0.05, 0) is 96.3 Å². The zero-order valence-corrected chi connectivity index (χ0v) is 45.3. The van der Waals surface area contributed by atoms with Gasteiger partial charge in [0.15, 0.2) is 6.10 Å². The van der Waals surface area contributed by atoms with Crippen LogP contribution in [0.4, 0.5) is 0 Å². The lowest BCUT2D eigenvalue weighted by Crippen LogP contribution is -2.30. The van der Waals surface area contributed by atoms with Crippen molar-refractivity contribution in [3.63, 3.8) is 0 Å². The van der Waals surface area contributed by atoms with E-state index >= 15 is 0 Å². The van der Waals surface area contributed by atoms with E-state index in [2.05, 4.69) is 106 Å². The molecule has 0 fully saturated rings. The maximum Gasteiger partial charge on any atom is 0.306 e. The first-order valence-corrected chi connectivity index (χ1v) is 29.1. The third-order valence-electron chi connectivity index (χ3n) is 12.4. The molecule has 0 saturated carbocycles. The minimum absolute atomic E-state index is 0.0971. The number of rotatable bonds is 52. The van der Waals surface area contributed by atoms with Gasteiger partial charge in [0.1, 0.15) is 13.2 Å². The zero-order valence-electron chi connectivity index (χ0n) is 45.3. The highest BCUT2D eigenvalue weighted by Crippen LogP contribution is 2.16. The van der Waals surface area contributed by atoms with E-state index in [0.717, 1.165) is 109 Å². The molecule has 69 heavy (non-hydrogen) atoms. The van der Waals surface area contributed by atoms with Crippen molar-refractivity contribution >= 4 is 17.9 Å². The number of carbonyl (C=O) groups is 3. The average Bonchev–Trinajstić information content (AvgIpc) is 3.35. The molecule has 0 aromatic carbocycles. The van der Waals surface area contributed by atoms with Crippen LogP contribution in [0.25, 0.3) is 0 Å². The highest BCUT2D eigenvalue weighted by atomic mass is 16.6. The molecular weight excluding hydrogens is 853 g/mol. The molecule has 396 valence electrons. The van der Waals surface area contributed by atoms with Gasteiger partial charge in [-0.2, -0.15) is 0 Å². The number of esters is 3. The number of allylic oxidation sites excluding steroid dienone is 14. The molecule has 0 amide bonds. The maximum atomic E-state index is 12.9. The van der Waals surface area contributed by atoms with Gasteiger partial charge >= 0.3 is 17.9 Å². The Balaban J connectivity index is 4.44. The predicted molar refractivity (Wildman–Crippen MR) is 297 cm³/mol. The van der Waals surface area contributed by atoms with Crippen LogP contribution in [-0.4, -0.2) is 37.2 Å². The highest BCUT2D eigenvalue weighted by Gasteiger charge is 2.19. The summed E-state index contributed by atoms with van der Waals surface area (Å²) in [7, 11) is 0. The number of carbonyl (C=O) groups excluding carboxylic acids is 3. The first-order valence-electron chi connectivity index (χ1n) is 29.1. The standard InChI is InChI=1S/C63H108O6/c1-4-7-10-13-16-19-22-25-28-30-31-33-35-38-41-44-47-50-53-56-62(65)68-59-60(58-67-61(64)55-52-49-46-43-40-37-34-27-24-21-18-15-12-9-6-3)69-63(66)57-54-51-48-45-42-39-36-32-29-26-23-20-17-14-11-8-5-2/h9,12,17-18,20-21,26-27,29,34,36,39-40,43,60H,4-8,10-11,13-16,19,22-25,28,30-33,35,37-38,41-42,44-59H2,1-3H3/b12-9-,20-17-,21-18-,29-26-,34-27-,39-36-,43-40-/t60-/m1/s1. The van der Waals surface area contributed by atoms with Gasteiger partial charge in [-0.1, -0.05) is 247 Å². The summed E-state index contributed by atoms with van der Waals surface area (Å²) in [6.07, 6.45) is 74.3. The van der Waals surface area contributed by atoms with Crippen LogP contribution >= 0.6 is 0 Å². The number of hydrogen-bond donors (Lipinski definition) is 0. The second kappa shape index (κ2) is 57.2. The fourth-order valence-corrected chi connectivity index (χ4v) is 8.03. The Hall–Kier alpha value is -3.41. The van der Waals surface area contributed by atoms with Crippen LogP contribution in [0.5, 0.6) is 0 Å². The molecule has 6 heteroatoms. The summed E-state index contributed by atoms with van der Waals surface area (Å²) in [5, 5.41) is 0. The van der Waals surface area contributed by atoms with E-state index in [1.54, 1.807) is 0 Å². The Kier molecular flexibility index (Phi) is 54.3. The molecule has 0 N–H and O–H groups in total. The van der Waals surface area contributed by atoms with Crippen LogP contribution in [0.3, 0.4) is 0 Å². The van der Waals surface area contributed by atoms with E-state index < -0.39 is 6.10 Å². The lowest BCUT2D eigenvalue weighted by atomic mass is 10.0. The van der Waals surface area contributed by atoms with Crippen LogP contribution < -0.4 is 0 Å². The van der Waals surface area contributed by atoms with E-state index in [9.17, 15) is 14.4 Å². The molecule has 0 aromatic rings. The Labute approximate surface area is 426 Å². The van der Waals surface area contributed by atoms with Crippen molar-refractivity contribution in [3.05, 3.63) is 85.1 Å². The Morgan fingerprint density at radius 2 is 0.565 bits per heavy atom. The van der Waals surface area contributed by atoms with Crippen LogP contribution in [0.15, 0.2) is 85.1 Å². The van der Waals surface area contributed by atoms with Crippen molar-refractivity contribution in [2.45, 2.75) is 284 Å². The molecule has 0 aromatic heterocycles. The van der Waals surface area contributed by atoms with Crippen molar-refractivity contribution in [1.29, 1.82) is 0 Å². The Bertz CT molecular complexity index is 1330. The first kappa shape index (κ1) is 65.6. The molecule has 0 bridgehead atoms. The van der Waals surface area contributed by atoms with Gasteiger partial charge in [0.2, 0.25) is 0 Å². The molecule has 0 unspecified atom stereocenters. The normalized spacial score (nSPS) is 12.7. The van der Waals surface area contributed by atoms with Gasteiger partial charge in [-0.15, -0.1) is 0 Å². The fourth-order valence-electron chi connectivity index (χ4n) is 8.03. The van der Waals surface area contributed by atoms with Crippen LogP contribution in [-0.2, 0) is 28.6 Å². The molecule has 0 aliphatic carbocycles. The van der Waals surface area contributed by atoms with Crippen LogP contribution in [0, 0.1) is 0 Å². The topological polar surface area (TPSA) is 78.9 Å². The molecule has 1 atom stereocenters. The minimum Gasteiger partial charge on any atom is -0.462 e. The lowest BCUT2D eigenvalue weighted by Gasteiger charge is -2.18. The van der Waals surface area contributed by atoms with Crippen LogP contribution in [0.1, 0.15) is 278 Å². The third kappa shape index (κ3) is 55.4. The van der Waals surface area contributed by atoms with Crippen molar-refractivity contribution < 1.29 is 28.6 Å². The minimum atomic E-state index is -0.805. The summed E-state index contributed by atoms with van der Waals surface area (Å²) in [4.78, 5) is 38.2. The van der Waals surface area contributed by atoms with Gasteiger partial charge in [0.05, 0.1) is 0 Å². The van der Waals surface area contributed by atoms with E-state index in [0.29, 0.717) is 19.3 Å². The number of ether oxygens (including phenoxy) is 3. The van der Waals surface area contributed by atoms with Crippen LogP contribution in [0.2, 0.25) is 0 Å². The van der Waals surface area contributed by atoms with Crippen molar-refractivity contribution in [2.75, 3.05) is 13.2 Å². The Morgan fingerprint density at radius 1 is 0.304 bits per heavy atom. The summed E-state index contributed by atoms with van der Waals surface area (Å²) >= 11 is 0. The van der Waals surface area contributed by atoms with Gasteiger partial charge < -0.3 is 14.2 Å². The second-order valence-corrected chi connectivity index (χ2v) is 19.2. The molecule has 0 saturated heterocycles. The summed E-state index contributed by atoms with van der Waals surface area (Å²) in [5.74, 6) is -0.955. The van der Waals surface area contributed by atoms with E-state index in [4.69, 9.17) is 14.2 Å². The highest BCUT2D eigenvalue weighted by molar-refractivity contribution is 5.71. The zero-order chi connectivity index (χ0) is 50.0. The number of unbranched alkanes of at least 4 members (excludes halogenated alkanes) is 27. The SMILES string of the molecule is CC/C=C\C/C=C\C/C=C\C/C=C\CCCCC(=O)OC[C@H](COC(=O)CCCCCCCCCCCCCCCCCCCCC)OC(=O)CCCCCC/C=C\C/C=C\C/C=C\CCCCC. The second-order valence-electron chi connectivity index (χ2n) is 19.2. The maximum absolute atomic E-state index is 12.9. The molecule has 0 spiro atoms. The molecule has 6 nitrogen and oxygen atoms in total. The Morgan fingerprint density at radius 3 is 0.942 bits per heavy atom. The summed E-state index contributed by atoms with van der Waals surface area (Å²) in [6.45, 7) is 6.46. The van der Waals surface area contributed by atoms with E-state index in [1.165, 1.54) is 128 Å². The van der Waals surface area contributed by atoms with Gasteiger partial charge in [-0.3, -0.25) is 14.4 Å². The molecule has 0 rings (SSSR count). The average molecular weight is 962 g/mol.